The molecule has 2 aromatic rings. The summed E-state index contributed by atoms with van der Waals surface area (Å²) in [5, 5.41) is 1.09. The fourth-order valence-corrected chi connectivity index (χ4v) is 3.29. The number of benzene rings is 2. The third-order valence-electron chi connectivity index (χ3n) is 4.00. The standard InChI is InChI=1S/C21H26N2O3S/c1-3-14-23(17-20-7-5-4-6-8-20)21(24)16-22-27(25,26)15-13-19-11-9-18(2)10-12-19/h4-13,15,22H,3,14,16-17H2,1-2H3. The molecule has 144 valence electrons. The second-order valence-corrected chi connectivity index (χ2v) is 8.03. The van der Waals surface area contributed by atoms with Crippen LogP contribution < -0.4 is 4.72 Å². The summed E-state index contributed by atoms with van der Waals surface area (Å²) >= 11 is 0. The largest absolute Gasteiger partial charge is 0.337 e. The van der Waals surface area contributed by atoms with Gasteiger partial charge in [-0.25, -0.2) is 13.1 Å². The number of nitrogens with zero attached hydrogens (tertiary/aromatic N) is 1. The number of hydrogen-bond donors (Lipinski definition) is 1. The van der Waals surface area contributed by atoms with Gasteiger partial charge in [-0.15, -0.1) is 0 Å². The van der Waals surface area contributed by atoms with Crippen molar-refractivity contribution >= 4 is 22.0 Å². The Hall–Kier alpha value is -2.44. The van der Waals surface area contributed by atoms with E-state index in [1.807, 2.05) is 68.4 Å². The van der Waals surface area contributed by atoms with E-state index in [-0.39, 0.29) is 12.5 Å². The molecule has 0 radical (unpaired) electrons. The van der Waals surface area contributed by atoms with Crippen molar-refractivity contribution in [3.8, 4) is 0 Å². The van der Waals surface area contributed by atoms with Gasteiger partial charge in [0.25, 0.3) is 0 Å². The molecule has 0 bridgehead atoms. The zero-order chi connectivity index (χ0) is 19.7. The molecule has 2 aromatic carbocycles. The molecule has 0 saturated carbocycles. The molecule has 27 heavy (non-hydrogen) atoms. The molecule has 6 heteroatoms. The number of hydrogen-bond acceptors (Lipinski definition) is 3. The van der Waals surface area contributed by atoms with E-state index < -0.39 is 10.0 Å². The van der Waals surface area contributed by atoms with Crippen molar-refractivity contribution in [3.05, 3.63) is 76.7 Å². The molecule has 0 saturated heterocycles. The van der Waals surface area contributed by atoms with E-state index >= 15 is 0 Å². The van der Waals surface area contributed by atoms with Crippen LogP contribution in [-0.2, 0) is 21.4 Å². The maximum atomic E-state index is 12.5. The van der Waals surface area contributed by atoms with Gasteiger partial charge >= 0.3 is 0 Å². The molecule has 0 heterocycles. The van der Waals surface area contributed by atoms with Gasteiger partial charge in [0, 0.05) is 18.5 Å². The zero-order valence-electron chi connectivity index (χ0n) is 15.8. The van der Waals surface area contributed by atoms with Crippen molar-refractivity contribution < 1.29 is 13.2 Å². The van der Waals surface area contributed by atoms with Crippen LogP contribution in [0.2, 0.25) is 0 Å². The number of rotatable bonds is 9. The van der Waals surface area contributed by atoms with Gasteiger partial charge in [0.1, 0.15) is 0 Å². The third kappa shape index (κ3) is 7.37. The highest BCUT2D eigenvalue weighted by Crippen LogP contribution is 2.07. The maximum absolute atomic E-state index is 12.5. The Morgan fingerprint density at radius 3 is 2.37 bits per heavy atom. The predicted molar refractivity (Wildman–Crippen MR) is 109 cm³/mol. The van der Waals surface area contributed by atoms with E-state index in [4.69, 9.17) is 0 Å². The molecule has 0 atom stereocenters. The molecular formula is C21H26N2O3S. The fraction of sp³-hybridized carbons (Fsp3) is 0.286. The van der Waals surface area contributed by atoms with Crippen LogP contribution in [0.4, 0.5) is 0 Å². The van der Waals surface area contributed by atoms with Crippen LogP contribution in [0.3, 0.4) is 0 Å². The maximum Gasteiger partial charge on any atom is 0.237 e. The minimum absolute atomic E-state index is 0.243. The van der Waals surface area contributed by atoms with Crippen LogP contribution >= 0.6 is 0 Å². The van der Waals surface area contributed by atoms with Crippen LogP contribution in [0, 0.1) is 6.92 Å². The summed E-state index contributed by atoms with van der Waals surface area (Å²) in [7, 11) is -3.68. The first kappa shape index (κ1) is 20.9. The lowest BCUT2D eigenvalue weighted by atomic mass is 10.2. The number of nitrogens with one attached hydrogen (secondary N) is 1. The van der Waals surface area contributed by atoms with Gasteiger partial charge in [0.05, 0.1) is 6.54 Å². The van der Waals surface area contributed by atoms with Gasteiger partial charge in [-0.2, -0.15) is 0 Å². The van der Waals surface area contributed by atoms with Gasteiger partial charge < -0.3 is 4.90 Å². The van der Waals surface area contributed by atoms with Crippen molar-refractivity contribution in [1.29, 1.82) is 0 Å². The molecule has 0 aliphatic rings. The van der Waals surface area contributed by atoms with E-state index in [1.54, 1.807) is 4.90 Å². The molecule has 0 spiro atoms. The highest BCUT2D eigenvalue weighted by Gasteiger charge is 2.15. The first-order valence-electron chi connectivity index (χ1n) is 8.96. The Bertz CT molecular complexity index is 860. The first-order chi connectivity index (χ1) is 12.9. The smallest absolute Gasteiger partial charge is 0.237 e. The van der Waals surface area contributed by atoms with Crippen LogP contribution in [0.25, 0.3) is 6.08 Å². The zero-order valence-corrected chi connectivity index (χ0v) is 16.6. The quantitative estimate of drug-likeness (QED) is 0.719. The number of carbonyl (C=O) groups excluding carboxylic acids is 1. The summed E-state index contributed by atoms with van der Waals surface area (Å²) in [5.41, 5.74) is 2.91. The molecule has 1 amide bonds. The molecule has 0 fully saturated rings. The van der Waals surface area contributed by atoms with Crippen molar-refractivity contribution in [2.75, 3.05) is 13.1 Å². The minimum Gasteiger partial charge on any atom is -0.337 e. The van der Waals surface area contributed by atoms with E-state index in [9.17, 15) is 13.2 Å². The van der Waals surface area contributed by atoms with Gasteiger partial charge in [-0.1, -0.05) is 67.1 Å². The van der Waals surface area contributed by atoms with Crippen LogP contribution in [-0.4, -0.2) is 32.3 Å². The molecule has 5 nitrogen and oxygen atoms in total. The topological polar surface area (TPSA) is 66.5 Å². The average molecular weight is 387 g/mol. The Morgan fingerprint density at radius 2 is 1.74 bits per heavy atom. The van der Waals surface area contributed by atoms with Crippen LogP contribution in [0.5, 0.6) is 0 Å². The Labute approximate surface area is 161 Å². The number of aryl methyl sites for hydroxylation is 1. The Balaban J connectivity index is 1.95. The van der Waals surface area contributed by atoms with Crippen molar-refractivity contribution in [1.82, 2.24) is 9.62 Å². The molecular weight excluding hydrogens is 360 g/mol. The summed E-state index contributed by atoms with van der Waals surface area (Å²) in [4.78, 5) is 14.1. The van der Waals surface area contributed by atoms with E-state index in [1.165, 1.54) is 6.08 Å². The van der Waals surface area contributed by atoms with Gasteiger partial charge in [-0.05, 0) is 30.5 Å². The molecule has 0 aliphatic carbocycles. The van der Waals surface area contributed by atoms with Crippen molar-refractivity contribution in [2.45, 2.75) is 26.8 Å². The molecule has 1 N–H and O–H groups in total. The minimum atomic E-state index is -3.68. The second kappa shape index (κ2) is 10.0. The Kier molecular flexibility index (Phi) is 7.76. The van der Waals surface area contributed by atoms with Gasteiger partial charge in [-0.3, -0.25) is 4.79 Å². The molecule has 2 rings (SSSR count). The highest BCUT2D eigenvalue weighted by molar-refractivity contribution is 7.92. The monoisotopic (exact) mass is 386 g/mol. The van der Waals surface area contributed by atoms with Gasteiger partial charge in [0.2, 0.25) is 15.9 Å². The highest BCUT2D eigenvalue weighted by atomic mass is 32.2. The molecule has 0 unspecified atom stereocenters. The van der Waals surface area contributed by atoms with Crippen LogP contribution in [0.1, 0.15) is 30.0 Å². The summed E-state index contributed by atoms with van der Waals surface area (Å²) in [6, 6.07) is 17.2. The molecule has 0 aromatic heterocycles. The third-order valence-corrected chi connectivity index (χ3v) is 5.05. The van der Waals surface area contributed by atoms with Crippen LogP contribution in [0.15, 0.2) is 60.0 Å². The summed E-state index contributed by atoms with van der Waals surface area (Å²) in [5.74, 6) is -0.243. The lowest BCUT2D eigenvalue weighted by molar-refractivity contribution is -0.130. The second-order valence-electron chi connectivity index (χ2n) is 6.38. The normalized spacial score (nSPS) is 11.6. The van der Waals surface area contributed by atoms with E-state index in [2.05, 4.69) is 4.72 Å². The summed E-state index contributed by atoms with van der Waals surface area (Å²) < 4.78 is 26.7. The molecule has 0 aliphatic heterocycles. The number of sulfonamides is 1. The van der Waals surface area contributed by atoms with E-state index in [0.717, 1.165) is 28.5 Å². The predicted octanol–water partition coefficient (Wildman–Crippen LogP) is 3.32. The lowest BCUT2D eigenvalue weighted by Gasteiger charge is -2.22. The van der Waals surface area contributed by atoms with E-state index in [0.29, 0.717) is 13.1 Å². The van der Waals surface area contributed by atoms with Gasteiger partial charge in [0.15, 0.2) is 0 Å². The van der Waals surface area contributed by atoms with Crippen molar-refractivity contribution in [2.24, 2.45) is 0 Å². The average Bonchev–Trinajstić information content (AvgIpc) is 2.66. The fourth-order valence-electron chi connectivity index (χ4n) is 2.53. The summed E-state index contributed by atoms with van der Waals surface area (Å²) in [6.45, 7) is 4.74. The summed E-state index contributed by atoms with van der Waals surface area (Å²) in [6.07, 6.45) is 2.32. The number of amides is 1. The Morgan fingerprint density at radius 1 is 1.07 bits per heavy atom. The number of carbonyl (C=O) groups is 1. The van der Waals surface area contributed by atoms with Crippen molar-refractivity contribution in [3.63, 3.8) is 0 Å². The first-order valence-corrected chi connectivity index (χ1v) is 10.5. The SMILES string of the molecule is CCCN(Cc1ccccc1)C(=O)CNS(=O)(=O)C=Cc1ccc(C)cc1. The lowest BCUT2D eigenvalue weighted by Crippen LogP contribution is -2.39.